The van der Waals surface area contributed by atoms with E-state index in [0.717, 1.165) is 11.1 Å². The molecule has 0 saturated carbocycles. The Morgan fingerprint density at radius 2 is 2.04 bits per heavy atom. The van der Waals surface area contributed by atoms with Gasteiger partial charge >= 0.3 is 12.1 Å². The van der Waals surface area contributed by atoms with Gasteiger partial charge in [0.05, 0.1) is 6.61 Å². The lowest BCUT2D eigenvalue weighted by Crippen LogP contribution is -2.45. The smallest absolute Gasteiger partial charge is 0.413 e. The molecule has 0 aromatic heterocycles. The van der Waals surface area contributed by atoms with E-state index < -0.39 is 29.6 Å². The number of rotatable bonds is 8. The molecule has 0 spiro atoms. The molecule has 2 amide bonds. The van der Waals surface area contributed by atoms with E-state index in [1.807, 2.05) is 0 Å². The summed E-state index contributed by atoms with van der Waals surface area (Å²) in [6.45, 7) is 5.11. The lowest BCUT2D eigenvalue weighted by molar-refractivity contribution is -0.142. The topological polar surface area (TPSA) is 146 Å². The van der Waals surface area contributed by atoms with Crippen LogP contribution in [0.3, 0.4) is 0 Å². The lowest BCUT2D eigenvalue weighted by Gasteiger charge is -2.19. The fourth-order valence-corrected chi connectivity index (χ4v) is 1.58. The summed E-state index contributed by atoms with van der Waals surface area (Å²) in [6, 6.07) is 0.488. The summed E-state index contributed by atoms with van der Waals surface area (Å²) in [5.41, 5.74) is 4.96. The van der Waals surface area contributed by atoms with E-state index in [-0.39, 0.29) is 25.6 Å². The second-order valence-corrected chi connectivity index (χ2v) is 4.87. The van der Waals surface area contributed by atoms with Crippen LogP contribution in [0.2, 0.25) is 0 Å². The summed E-state index contributed by atoms with van der Waals surface area (Å²) in [5.74, 6) is -2.48. The first kappa shape index (κ1) is 20.4. The number of nitrogens with one attached hydrogen (secondary N) is 1. The highest BCUT2D eigenvalue weighted by Crippen LogP contribution is 2.06. The van der Waals surface area contributed by atoms with Gasteiger partial charge in [-0.1, -0.05) is 13.8 Å². The first-order valence-electron chi connectivity index (χ1n) is 7.07. The van der Waals surface area contributed by atoms with Crippen molar-refractivity contribution < 1.29 is 24.2 Å². The van der Waals surface area contributed by atoms with Crippen LogP contribution < -0.4 is 11.1 Å². The minimum absolute atomic E-state index is 0.0455. The minimum Gasteiger partial charge on any atom is -0.480 e. The Morgan fingerprint density at radius 3 is 2.43 bits per heavy atom. The molecule has 0 radical (unpaired) electrons. The predicted molar refractivity (Wildman–Crippen MR) is 80.9 cm³/mol. The number of hydrogen-bond acceptors (Lipinski definition) is 6. The van der Waals surface area contributed by atoms with Gasteiger partial charge in [0.25, 0.3) is 5.91 Å². The molecule has 0 saturated heterocycles. The standard InChI is InChI=1S/C14H22N4O5/c1-4-23-14(22)18(6-5-15)8-10(7-16)12(19)17-11(9(2)3)13(20)21/h8-9,11H,4-6,15H2,1-3H3,(H,17,19)(H,20,21)/b10-8-. The number of amides is 2. The van der Waals surface area contributed by atoms with Gasteiger partial charge in [0.1, 0.15) is 17.7 Å². The van der Waals surface area contributed by atoms with E-state index >= 15 is 0 Å². The molecule has 0 heterocycles. The van der Waals surface area contributed by atoms with Gasteiger partial charge in [0, 0.05) is 19.3 Å². The summed E-state index contributed by atoms with van der Waals surface area (Å²) in [5, 5.41) is 20.4. The van der Waals surface area contributed by atoms with E-state index in [2.05, 4.69) is 5.32 Å². The highest BCUT2D eigenvalue weighted by atomic mass is 16.6. The van der Waals surface area contributed by atoms with Crippen molar-refractivity contribution in [3.05, 3.63) is 11.8 Å². The zero-order valence-electron chi connectivity index (χ0n) is 13.4. The largest absolute Gasteiger partial charge is 0.480 e. The van der Waals surface area contributed by atoms with E-state index in [4.69, 9.17) is 20.8 Å². The fourth-order valence-electron chi connectivity index (χ4n) is 1.58. The van der Waals surface area contributed by atoms with Gasteiger partial charge in [0.15, 0.2) is 0 Å². The average molecular weight is 326 g/mol. The third-order valence-electron chi connectivity index (χ3n) is 2.74. The molecule has 0 rings (SSSR count). The van der Waals surface area contributed by atoms with Gasteiger partial charge in [-0.3, -0.25) is 9.69 Å². The summed E-state index contributed by atoms with van der Waals surface area (Å²) in [6.07, 6.45) is 0.247. The van der Waals surface area contributed by atoms with Crippen LogP contribution in [0.4, 0.5) is 4.79 Å². The molecule has 23 heavy (non-hydrogen) atoms. The Bertz CT molecular complexity index is 510. The zero-order chi connectivity index (χ0) is 18.0. The normalized spacial score (nSPS) is 12.3. The van der Waals surface area contributed by atoms with Gasteiger partial charge in [-0.15, -0.1) is 0 Å². The summed E-state index contributed by atoms with van der Waals surface area (Å²) < 4.78 is 4.79. The maximum absolute atomic E-state index is 12.0. The number of nitrogens with two attached hydrogens (primary N) is 1. The molecular weight excluding hydrogens is 304 g/mol. The quantitative estimate of drug-likeness (QED) is 0.421. The second kappa shape index (κ2) is 10.2. The number of aliphatic carboxylic acids is 1. The van der Waals surface area contributed by atoms with Gasteiger partial charge in [-0.2, -0.15) is 5.26 Å². The number of nitriles is 1. The van der Waals surface area contributed by atoms with Crippen LogP contribution in [0.5, 0.6) is 0 Å². The number of nitrogens with zero attached hydrogens (tertiary/aromatic N) is 2. The SMILES string of the molecule is CCOC(=O)N(/C=C(/C#N)C(=O)NC(C(=O)O)C(C)C)CCN. The number of carbonyl (C=O) groups excluding carboxylic acids is 2. The Labute approximate surface area is 134 Å². The molecule has 0 aliphatic heterocycles. The average Bonchev–Trinajstić information content (AvgIpc) is 2.48. The monoisotopic (exact) mass is 326 g/mol. The molecular formula is C14H22N4O5. The third kappa shape index (κ3) is 6.80. The molecule has 1 atom stereocenters. The van der Waals surface area contributed by atoms with Gasteiger partial charge in [-0.25, -0.2) is 9.59 Å². The van der Waals surface area contributed by atoms with Crippen LogP contribution in [0.25, 0.3) is 0 Å². The molecule has 0 aliphatic rings. The van der Waals surface area contributed by atoms with E-state index in [1.54, 1.807) is 26.8 Å². The van der Waals surface area contributed by atoms with Crippen LogP contribution in [0.15, 0.2) is 11.8 Å². The van der Waals surface area contributed by atoms with Crippen molar-refractivity contribution in [3.8, 4) is 6.07 Å². The van der Waals surface area contributed by atoms with Crippen molar-refractivity contribution in [2.45, 2.75) is 26.8 Å². The Kier molecular flexibility index (Phi) is 9.03. The first-order valence-corrected chi connectivity index (χ1v) is 7.07. The molecule has 1 unspecified atom stereocenters. The molecule has 9 heteroatoms. The van der Waals surface area contributed by atoms with Crippen LogP contribution in [0, 0.1) is 17.2 Å². The molecule has 4 N–H and O–H groups in total. The first-order chi connectivity index (χ1) is 10.8. The Balaban J connectivity index is 5.28. The van der Waals surface area contributed by atoms with Crippen molar-refractivity contribution in [2.24, 2.45) is 11.7 Å². The van der Waals surface area contributed by atoms with Gasteiger partial charge < -0.3 is 20.9 Å². The maximum Gasteiger partial charge on any atom is 0.413 e. The Morgan fingerprint density at radius 1 is 1.43 bits per heavy atom. The maximum atomic E-state index is 12.0. The van der Waals surface area contributed by atoms with E-state index in [9.17, 15) is 14.4 Å². The zero-order valence-corrected chi connectivity index (χ0v) is 13.4. The summed E-state index contributed by atoms with van der Waals surface area (Å²) in [4.78, 5) is 35.8. The highest BCUT2D eigenvalue weighted by molar-refractivity contribution is 5.99. The van der Waals surface area contributed by atoms with Crippen LogP contribution in [-0.4, -0.2) is 53.7 Å². The summed E-state index contributed by atoms with van der Waals surface area (Å²) in [7, 11) is 0. The minimum atomic E-state index is -1.21. The predicted octanol–water partition coefficient (Wildman–Crippen LogP) is 0.0365. The van der Waals surface area contributed by atoms with E-state index in [0.29, 0.717) is 0 Å². The number of ether oxygens (including phenoxy) is 1. The third-order valence-corrected chi connectivity index (χ3v) is 2.74. The van der Waals surface area contributed by atoms with Crippen molar-refractivity contribution in [3.63, 3.8) is 0 Å². The lowest BCUT2D eigenvalue weighted by atomic mass is 10.0. The number of hydrogen-bond donors (Lipinski definition) is 3. The molecule has 0 aromatic rings. The fraction of sp³-hybridized carbons (Fsp3) is 0.571. The Hall–Kier alpha value is -2.60. The molecule has 0 aromatic carbocycles. The molecule has 9 nitrogen and oxygen atoms in total. The molecule has 0 aliphatic carbocycles. The van der Waals surface area contributed by atoms with Crippen LogP contribution in [-0.2, 0) is 14.3 Å². The molecule has 0 fully saturated rings. The van der Waals surface area contributed by atoms with Crippen LogP contribution >= 0.6 is 0 Å². The summed E-state index contributed by atoms with van der Waals surface area (Å²) >= 11 is 0. The number of carboxylic acids is 1. The molecule has 128 valence electrons. The highest BCUT2D eigenvalue weighted by Gasteiger charge is 2.25. The molecule has 0 bridgehead atoms. The van der Waals surface area contributed by atoms with Crippen molar-refractivity contribution >= 4 is 18.0 Å². The number of carboxylic acid groups (broad SMARTS) is 1. The van der Waals surface area contributed by atoms with Crippen molar-refractivity contribution in [1.29, 1.82) is 5.26 Å². The van der Waals surface area contributed by atoms with Gasteiger partial charge in [-0.05, 0) is 12.8 Å². The van der Waals surface area contributed by atoms with Gasteiger partial charge in [0.2, 0.25) is 0 Å². The second-order valence-electron chi connectivity index (χ2n) is 4.87. The van der Waals surface area contributed by atoms with Crippen molar-refractivity contribution in [1.82, 2.24) is 10.2 Å². The number of carbonyl (C=O) groups is 3. The van der Waals surface area contributed by atoms with Crippen molar-refractivity contribution in [2.75, 3.05) is 19.7 Å². The van der Waals surface area contributed by atoms with E-state index in [1.165, 1.54) is 0 Å². The van der Waals surface area contributed by atoms with Crippen LogP contribution in [0.1, 0.15) is 20.8 Å².